The first kappa shape index (κ1) is 14.7. The number of nitro groups is 1. The first-order valence-electron chi connectivity index (χ1n) is 5.83. The van der Waals surface area contributed by atoms with Gasteiger partial charge in [-0.3, -0.25) is 14.9 Å². The number of amides is 1. The van der Waals surface area contributed by atoms with E-state index >= 15 is 0 Å². The molecule has 0 saturated heterocycles. The second-order valence-electron chi connectivity index (χ2n) is 3.95. The monoisotopic (exact) mass is 307 g/mol. The van der Waals surface area contributed by atoms with Crippen LogP contribution in [-0.4, -0.2) is 22.4 Å². The van der Waals surface area contributed by atoms with Crippen molar-refractivity contribution in [3.8, 4) is 5.75 Å². The first-order chi connectivity index (χ1) is 10.0. The van der Waals surface area contributed by atoms with Crippen LogP contribution in [0.25, 0.3) is 0 Å². The zero-order valence-electron chi connectivity index (χ0n) is 10.7. The molecular weight excluding hydrogens is 298 g/mol. The highest BCUT2D eigenvalue weighted by molar-refractivity contribution is 6.30. The standard InChI is InChI=1S/C13H10ClN3O4/c14-9-4-5-12(15-7-9)16-13(18)8-21-11-3-1-2-10(6-11)17(19)20/h1-7H,8H2,(H,15,16,18). The number of nitro benzene ring substituents is 1. The molecule has 0 saturated carbocycles. The van der Waals surface area contributed by atoms with Crippen LogP contribution in [0.15, 0.2) is 42.6 Å². The van der Waals surface area contributed by atoms with Gasteiger partial charge < -0.3 is 10.1 Å². The summed E-state index contributed by atoms with van der Waals surface area (Å²) in [7, 11) is 0. The van der Waals surface area contributed by atoms with E-state index in [9.17, 15) is 14.9 Å². The zero-order valence-corrected chi connectivity index (χ0v) is 11.4. The maximum absolute atomic E-state index is 11.6. The Morgan fingerprint density at radius 3 is 2.86 bits per heavy atom. The summed E-state index contributed by atoms with van der Waals surface area (Å²) in [6.45, 7) is -0.286. The zero-order chi connectivity index (χ0) is 15.2. The Labute approximate surface area is 124 Å². The molecule has 0 bridgehead atoms. The molecule has 0 radical (unpaired) electrons. The molecule has 1 aromatic heterocycles. The number of pyridine rings is 1. The third-order valence-corrected chi connectivity index (χ3v) is 2.62. The molecule has 2 rings (SSSR count). The molecule has 0 aliphatic carbocycles. The van der Waals surface area contributed by atoms with Crippen LogP contribution < -0.4 is 10.1 Å². The number of nitrogens with one attached hydrogen (secondary N) is 1. The molecule has 0 aliphatic heterocycles. The summed E-state index contributed by atoms with van der Waals surface area (Å²) in [5, 5.41) is 13.6. The fourth-order valence-electron chi connectivity index (χ4n) is 1.46. The van der Waals surface area contributed by atoms with Gasteiger partial charge in [0.2, 0.25) is 0 Å². The molecule has 0 fully saturated rings. The molecule has 7 nitrogen and oxygen atoms in total. The Hall–Kier alpha value is -2.67. The minimum Gasteiger partial charge on any atom is -0.484 e. The summed E-state index contributed by atoms with van der Waals surface area (Å²) in [6, 6.07) is 8.73. The second-order valence-corrected chi connectivity index (χ2v) is 4.39. The topological polar surface area (TPSA) is 94.4 Å². The number of nitrogens with zero attached hydrogens (tertiary/aromatic N) is 2. The van der Waals surface area contributed by atoms with Crippen molar-refractivity contribution in [2.24, 2.45) is 0 Å². The average molecular weight is 308 g/mol. The lowest BCUT2D eigenvalue weighted by atomic mass is 10.3. The van der Waals surface area contributed by atoms with Crippen molar-refractivity contribution in [1.82, 2.24) is 4.98 Å². The Morgan fingerprint density at radius 2 is 2.19 bits per heavy atom. The number of hydrogen-bond acceptors (Lipinski definition) is 5. The molecule has 0 atom stereocenters. The largest absolute Gasteiger partial charge is 0.484 e. The number of rotatable bonds is 5. The van der Waals surface area contributed by atoms with E-state index in [4.69, 9.17) is 16.3 Å². The van der Waals surface area contributed by atoms with Crippen molar-refractivity contribution in [2.75, 3.05) is 11.9 Å². The van der Waals surface area contributed by atoms with Gasteiger partial charge in [-0.2, -0.15) is 0 Å². The van der Waals surface area contributed by atoms with Gasteiger partial charge in [-0.05, 0) is 18.2 Å². The van der Waals surface area contributed by atoms with E-state index < -0.39 is 10.8 Å². The number of benzene rings is 1. The molecule has 0 unspecified atom stereocenters. The van der Waals surface area contributed by atoms with Crippen molar-refractivity contribution >= 4 is 29.0 Å². The van der Waals surface area contributed by atoms with E-state index in [1.54, 1.807) is 12.1 Å². The lowest BCUT2D eigenvalue weighted by Gasteiger charge is -2.06. The molecule has 0 spiro atoms. The van der Waals surface area contributed by atoms with Crippen LogP contribution in [0.2, 0.25) is 5.02 Å². The van der Waals surface area contributed by atoms with Crippen molar-refractivity contribution in [3.63, 3.8) is 0 Å². The third kappa shape index (κ3) is 4.43. The van der Waals surface area contributed by atoms with E-state index in [0.717, 1.165) is 0 Å². The Balaban J connectivity index is 1.90. The Bertz CT molecular complexity index is 661. The SMILES string of the molecule is O=C(COc1cccc([N+](=O)[O-])c1)Nc1ccc(Cl)cn1. The van der Waals surface area contributed by atoms with Gasteiger partial charge in [0, 0.05) is 12.3 Å². The fourth-order valence-corrected chi connectivity index (χ4v) is 1.58. The smallest absolute Gasteiger partial charge is 0.273 e. The maximum Gasteiger partial charge on any atom is 0.273 e. The van der Waals surface area contributed by atoms with Gasteiger partial charge in [-0.1, -0.05) is 17.7 Å². The maximum atomic E-state index is 11.6. The first-order valence-corrected chi connectivity index (χ1v) is 6.21. The van der Waals surface area contributed by atoms with Crippen LogP contribution in [0.3, 0.4) is 0 Å². The highest BCUT2D eigenvalue weighted by Crippen LogP contribution is 2.19. The van der Waals surface area contributed by atoms with E-state index in [1.807, 2.05) is 0 Å². The number of non-ortho nitro benzene ring substituents is 1. The van der Waals surface area contributed by atoms with Crippen LogP contribution >= 0.6 is 11.6 Å². The quantitative estimate of drug-likeness (QED) is 0.677. The van der Waals surface area contributed by atoms with Gasteiger partial charge in [0.05, 0.1) is 16.0 Å². The molecule has 2 aromatic rings. The van der Waals surface area contributed by atoms with Gasteiger partial charge in [-0.25, -0.2) is 4.98 Å². The number of hydrogen-bond donors (Lipinski definition) is 1. The second kappa shape index (κ2) is 6.67. The summed E-state index contributed by atoms with van der Waals surface area (Å²) < 4.78 is 5.18. The van der Waals surface area contributed by atoms with Crippen molar-refractivity contribution in [2.45, 2.75) is 0 Å². The van der Waals surface area contributed by atoms with Crippen LogP contribution in [0.4, 0.5) is 11.5 Å². The number of anilines is 1. The molecule has 1 amide bonds. The van der Waals surface area contributed by atoms with Crippen LogP contribution in [-0.2, 0) is 4.79 Å². The number of carbonyl (C=O) groups excluding carboxylic acids is 1. The highest BCUT2D eigenvalue weighted by atomic mass is 35.5. The molecule has 1 heterocycles. The Kier molecular flexibility index (Phi) is 4.68. The summed E-state index contributed by atoms with van der Waals surface area (Å²) in [6.07, 6.45) is 1.40. The van der Waals surface area contributed by atoms with Crippen LogP contribution in [0.1, 0.15) is 0 Å². The molecular formula is C13H10ClN3O4. The summed E-state index contributed by atoms with van der Waals surface area (Å²) >= 11 is 5.67. The van der Waals surface area contributed by atoms with Crippen LogP contribution in [0, 0.1) is 10.1 Å². The van der Waals surface area contributed by atoms with Gasteiger partial charge in [0.25, 0.3) is 11.6 Å². The lowest BCUT2D eigenvalue weighted by molar-refractivity contribution is -0.384. The summed E-state index contributed by atoms with van der Waals surface area (Å²) in [5.74, 6) is 0.145. The number of aromatic nitrogens is 1. The van der Waals surface area contributed by atoms with Gasteiger partial charge in [0.1, 0.15) is 11.6 Å². The van der Waals surface area contributed by atoms with Gasteiger partial charge >= 0.3 is 0 Å². The number of ether oxygens (including phenoxy) is 1. The summed E-state index contributed by atoms with van der Waals surface area (Å²) in [5.41, 5.74) is -0.104. The lowest BCUT2D eigenvalue weighted by Crippen LogP contribution is -2.20. The molecule has 1 N–H and O–H groups in total. The van der Waals surface area contributed by atoms with Crippen molar-refractivity contribution in [1.29, 1.82) is 0 Å². The van der Waals surface area contributed by atoms with E-state index in [2.05, 4.69) is 10.3 Å². The van der Waals surface area contributed by atoms with Crippen molar-refractivity contribution in [3.05, 3.63) is 57.7 Å². The molecule has 21 heavy (non-hydrogen) atoms. The fraction of sp³-hybridized carbons (Fsp3) is 0.0769. The predicted molar refractivity (Wildman–Crippen MR) is 76.5 cm³/mol. The molecule has 8 heteroatoms. The minimum atomic E-state index is -0.537. The van der Waals surface area contributed by atoms with Crippen molar-refractivity contribution < 1.29 is 14.5 Å². The van der Waals surface area contributed by atoms with Gasteiger partial charge in [0.15, 0.2) is 6.61 Å². The predicted octanol–water partition coefficient (Wildman–Crippen LogP) is 2.66. The summed E-state index contributed by atoms with van der Waals surface area (Å²) in [4.78, 5) is 25.6. The minimum absolute atomic E-state index is 0.104. The number of carbonyl (C=O) groups is 1. The molecule has 108 valence electrons. The van der Waals surface area contributed by atoms with Crippen LogP contribution in [0.5, 0.6) is 5.75 Å². The molecule has 0 aliphatic rings. The normalized spacial score (nSPS) is 9.95. The van der Waals surface area contributed by atoms with E-state index in [0.29, 0.717) is 10.8 Å². The number of halogens is 1. The van der Waals surface area contributed by atoms with E-state index in [1.165, 1.54) is 30.5 Å². The third-order valence-electron chi connectivity index (χ3n) is 2.39. The Morgan fingerprint density at radius 1 is 1.38 bits per heavy atom. The molecule has 1 aromatic carbocycles. The average Bonchev–Trinajstić information content (AvgIpc) is 2.48. The highest BCUT2D eigenvalue weighted by Gasteiger charge is 2.08. The van der Waals surface area contributed by atoms with E-state index in [-0.39, 0.29) is 18.0 Å². The van der Waals surface area contributed by atoms with Gasteiger partial charge in [-0.15, -0.1) is 0 Å².